The van der Waals surface area contributed by atoms with Gasteiger partial charge in [0.25, 0.3) is 0 Å². The van der Waals surface area contributed by atoms with Gasteiger partial charge in [0.15, 0.2) is 0 Å². The summed E-state index contributed by atoms with van der Waals surface area (Å²) in [5.41, 5.74) is 0. The summed E-state index contributed by atoms with van der Waals surface area (Å²) in [5, 5.41) is 6.42. The lowest BCUT2D eigenvalue weighted by Crippen LogP contribution is -2.11. The van der Waals surface area contributed by atoms with Gasteiger partial charge in [-0.05, 0) is 12.1 Å². The molecule has 0 radical (unpaired) electrons. The Morgan fingerprint density at radius 2 is 2.29 bits per heavy atom. The highest BCUT2D eigenvalue weighted by Crippen LogP contribution is 2.21. The van der Waals surface area contributed by atoms with Crippen molar-refractivity contribution in [1.29, 1.82) is 0 Å². The third kappa shape index (κ3) is 2.78. The molecule has 2 aromatic rings. The zero-order valence-corrected chi connectivity index (χ0v) is 9.75. The zero-order valence-electron chi connectivity index (χ0n) is 7.37. The van der Waals surface area contributed by atoms with E-state index in [0.29, 0.717) is 0 Å². The Hall–Kier alpha value is -0.420. The van der Waals surface area contributed by atoms with E-state index in [9.17, 15) is 0 Å². The maximum Gasteiger partial charge on any atom is 0.106 e. The van der Waals surface area contributed by atoms with Crippen LogP contribution >= 0.6 is 34.3 Å². The number of aromatic nitrogens is 1. The summed E-state index contributed by atoms with van der Waals surface area (Å²) in [6.45, 7) is 1.68. The molecule has 0 aromatic carbocycles. The second-order valence-electron chi connectivity index (χ2n) is 2.74. The molecular formula is C9H9ClN2S2. The predicted molar refractivity (Wildman–Crippen MR) is 62.0 cm³/mol. The molecule has 2 heterocycles. The molecule has 0 aliphatic carbocycles. The highest BCUT2D eigenvalue weighted by atomic mass is 35.5. The van der Waals surface area contributed by atoms with Crippen molar-refractivity contribution < 1.29 is 0 Å². The predicted octanol–water partition coefficient (Wildman–Crippen LogP) is 3.15. The Labute approximate surface area is 95.6 Å². The molecule has 0 aliphatic heterocycles. The van der Waals surface area contributed by atoms with E-state index in [0.717, 1.165) is 22.4 Å². The van der Waals surface area contributed by atoms with Crippen molar-refractivity contribution in [2.45, 2.75) is 13.1 Å². The van der Waals surface area contributed by atoms with Gasteiger partial charge in [-0.1, -0.05) is 11.6 Å². The van der Waals surface area contributed by atoms with E-state index in [4.69, 9.17) is 11.6 Å². The topological polar surface area (TPSA) is 24.9 Å². The average Bonchev–Trinajstić information content (AvgIpc) is 2.77. The molecule has 74 valence electrons. The number of thiazole rings is 1. The maximum atomic E-state index is 5.82. The number of hydrogen-bond acceptors (Lipinski definition) is 4. The molecule has 0 aliphatic rings. The van der Waals surface area contributed by atoms with Crippen LogP contribution in [0.1, 0.15) is 9.88 Å². The normalized spacial score (nSPS) is 10.6. The molecule has 0 spiro atoms. The molecule has 2 rings (SSSR count). The van der Waals surface area contributed by atoms with Gasteiger partial charge in [-0.3, -0.25) is 0 Å². The minimum Gasteiger partial charge on any atom is -0.306 e. The van der Waals surface area contributed by atoms with Crippen molar-refractivity contribution in [1.82, 2.24) is 10.3 Å². The van der Waals surface area contributed by atoms with Crippen LogP contribution in [0.5, 0.6) is 0 Å². The average molecular weight is 245 g/mol. The second kappa shape index (κ2) is 4.89. The van der Waals surface area contributed by atoms with Gasteiger partial charge < -0.3 is 5.32 Å². The maximum absolute atomic E-state index is 5.82. The van der Waals surface area contributed by atoms with Gasteiger partial charge in [0, 0.05) is 29.5 Å². The molecular weight excluding hydrogens is 236 g/mol. The van der Waals surface area contributed by atoms with Crippen molar-refractivity contribution in [2.24, 2.45) is 0 Å². The summed E-state index contributed by atoms with van der Waals surface area (Å²) in [6.07, 6.45) is 1.82. The molecule has 0 saturated heterocycles. The molecule has 0 saturated carbocycles. The van der Waals surface area contributed by atoms with Crippen LogP contribution in [0.15, 0.2) is 23.7 Å². The summed E-state index contributed by atoms with van der Waals surface area (Å²) in [7, 11) is 0. The van der Waals surface area contributed by atoms with Gasteiger partial charge in [0.05, 0.1) is 4.34 Å². The van der Waals surface area contributed by atoms with Crippen LogP contribution in [0.25, 0.3) is 0 Å². The Balaban J connectivity index is 1.78. The van der Waals surface area contributed by atoms with Gasteiger partial charge in [-0.25, -0.2) is 4.98 Å². The number of nitrogens with zero attached hydrogens (tertiary/aromatic N) is 1. The van der Waals surface area contributed by atoms with Crippen LogP contribution < -0.4 is 5.32 Å². The van der Waals surface area contributed by atoms with Crippen LogP contribution in [-0.4, -0.2) is 4.98 Å². The highest BCUT2D eigenvalue weighted by molar-refractivity contribution is 7.16. The van der Waals surface area contributed by atoms with E-state index >= 15 is 0 Å². The van der Waals surface area contributed by atoms with Crippen LogP contribution in [0, 0.1) is 0 Å². The van der Waals surface area contributed by atoms with Gasteiger partial charge in [-0.15, -0.1) is 22.7 Å². The quantitative estimate of drug-likeness (QED) is 0.894. The van der Waals surface area contributed by atoms with E-state index in [2.05, 4.69) is 10.3 Å². The molecule has 2 aromatic heterocycles. The first-order valence-corrected chi connectivity index (χ1v) is 6.25. The second-order valence-corrected chi connectivity index (χ2v) is 5.51. The highest BCUT2D eigenvalue weighted by Gasteiger charge is 1.98. The van der Waals surface area contributed by atoms with Crippen molar-refractivity contribution in [3.8, 4) is 0 Å². The van der Waals surface area contributed by atoms with Crippen LogP contribution in [0.2, 0.25) is 4.34 Å². The lowest BCUT2D eigenvalue weighted by molar-refractivity contribution is 0.697. The lowest BCUT2D eigenvalue weighted by atomic mass is 10.4. The van der Waals surface area contributed by atoms with Crippen molar-refractivity contribution in [3.05, 3.63) is 37.9 Å². The third-order valence-corrected chi connectivity index (χ3v) is 3.70. The third-order valence-electron chi connectivity index (χ3n) is 1.69. The van der Waals surface area contributed by atoms with Crippen LogP contribution in [0.4, 0.5) is 0 Å². The Morgan fingerprint density at radius 3 is 2.93 bits per heavy atom. The Kier molecular flexibility index (Phi) is 3.53. The fraction of sp³-hybridized carbons (Fsp3) is 0.222. The smallest absolute Gasteiger partial charge is 0.106 e. The number of hydrogen-bond donors (Lipinski definition) is 1. The lowest BCUT2D eigenvalue weighted by Gasteiger charge is -1.98. The molecule has 0 unspecified atom stereocenters. The van der Waals surface area contributed by atoms with Crippen molar-refractivity contribution >= 4 is 34.3 Å². The largest absolute Gasteiger partial charge is 0.306 e. The number of nitrogens with one attached hydrogen (secondary N) is 1. The fourth-order valence-electron chi connectivity index (χ4n) is 1.08. The number of thiophene rings is 1. The molecule has 2 nitrogen and oxygen atoms in total. The summed E-state index contributed by atoms with van der Waals surface area (Å²) in [6, 6.07) is 3.97. The Morgan fingerprint density at radius 1 is 1.36 bits per heavy atom. The van der Waals surface area contributed by atoms with E-state index in [-0.39, 0.29) is 0 Å². The first kappa shape index (κ1) is 10.1. The van der Waals surface area contributed by atoms with Crippen molar-refractivity contribution in [2.75, 3.05) is 0 Å². The minimum absolute atomic E-state index is 0.827. The Bertz CT molecular complexity index is 383. The standard InChI is InChI=1S/C9H9ClN2S2/c10-8-2-1-7(14-8)5-11-6-9-12-3-4-13-9/h1-4,11H,5-6H2. The minimum atomic E-state index is 0.827. The molecule has 5 heteroatoms. The summed E-state index contributed by atoms with van der Waals surface area (Å²) < 4.78 is 0.844. The number of rotatable bonds is 4. The first-order valence-electron chi connectivity index (χ1n) is 4.18. The summed E-state index contributed by atoms with van der Waals surface area (Å²) in [5.74, 6) is 0. The van der Waals surface area contributed by atoms with Crippen LogP contribution in [0.3, 0.4) is 0 Å². The van der Waals surface area contributed by atoms with Gasteiger partial charge in [-0.2, -0.15) is 0 Å². The van der Waals surface area contributed by atoms with Gasteiger partial charge >= 0.3 is 0 Å². The van der Waals surface area contributed by atoms with Gasteiger partial charge in [0.1, 0.15) is 5.01 Å². The molecule has 0 fully saturated rings. The zero-order chi connectivity index (χ0) is 9.80. The summed E-state index contributed by atoms with van der Waals surface area (Å²) in [4.78, 5) is 5.44. The molecule has 0 bridgehead atoms. The molecule has 0 atom stereocenters. The molecule has 0 amide bonds. The first-order chi connectivity index (χ1) is 6.84. The molecule has 14 heavy (non-hydrogen) atoms. The fourth-order valence-corrected chi connectivity index (χ4v) is 2.72. The van der Waals surface area contributed by atoms with E-state index in [1.165, 1.54) is 4.88 Å². The van der Waals surface area contributed by atoms with E-state index < -0.39 is 0 Å². The van der Waals surface area contributed by atoms with E-state index in [1.807, 2.05) is 23.7 Å². The van der Waals surface area contributed by atoms with Crippen molar-refractivity contribution in [3.63, 3.8) is 0 Å². The molecule has 1 N–H and O–H groups in total. The van der Waals surface area contributed by atoms with E-state index in [1.54, 1.807) is 22.7 Å². The SMILES string of the molecule is Clc1ccc(CNCc2nccs2)s1. The van der Waals surface area contributed by atoms with Crippen LogP contribution in [-0.2, 0) is 13.1 Å². The monoisotopic (exact) mass is 244 g/mol. The van der Waals surface area contributed by atoms with Gasteiger partial charge in [0.2, 0.25) is 0 Å². The number of halogens is 1. The summed E-state index contributed by atoms with van der Waals surface area (Å²) >= 11 is 9.10.